The lowest BCUT2D eigenvalue weighted by atomic mass is 10.1. The molecule has 0 aliphatic heterocycles. The molecule has 192 valence electrons. The van der Waals surface area contributed by atoms with Crippen LogP contribution in [-0.2, 0) is 0 Å². The molecule has 5 heteroatoms. The molecular formula is C36H21N3O2. The summed E-state index contributed by atoms with van der Waals surface area (Å²) in [5.41, 5.74) is 7.45. The first-order chi connectivity index (χ1) is 20.3. The van der Waals surface area contributed by atoms with E-state index < -0.39 is 0 Å². The van der Waals surface area contributed by atoms with Crippen LogP contribution < -0.4 is 5.43 Å². The Morgan fingerprint density at radius 2 is 1.32 bits per heavy atom. The number of pyridine rings is 1. The fourth-order valence-electron chi connectivity index (χ4n) is 6.46. The predicted molar refractivity (Wildman–Crippen MR) is 166 cm³/mol. The number of fused-ring (bicyclic) bond motifs is 9. The van der Waals surface area contributed by atoms with E-state index in [0.29, 0.717) is 21.9 Å². The molecule has 9 aromatic rings. The molecule has 9 rings (SSSR count). The molecular weight excluding hydrogens is 506 g/mol. The van der Waals surface area contributed by atoms with Crippen molar-refractivity contribution >= 4 is 65.6 Å². The van der Waals surface area contributed by atoms with Crippen LogP contribution in [0.15, 0.2) is 137 Å². The van der Waals surface area contributed by atoms with Gasteiger partial charge in [-0.2, -0.15) is 0 Å². The molecule has 0 bridgehead atoms. The first kappa shape index (κ1) is 22.2. The van der Waals surface area contributed by atoms with E-state index in [0.717, 1.165) is 49.6 Å². The van der Waals surface area contributed by atoms with Gasteiger partial charge in [0.1, 0.15) is 11.2 Å². The van der Waals surface area contributed by atoms with Gasteiger partial charge in [-0.3, -0.25) is 9.78 Å². The van der Waals surface area contributed by atoms with Crippen molar-refractivity contribution in [2.75, 3.05) is 0 Å². The zero-order valence-electron chi connectivity index (χ0n) is 21.8. The molecule has 0 fully saturated rings. The largest absolute Gasteiger partial charge is 0.456 e. The lowest BCUT2D eigenvalue weighted by Crippen LogP contribution is -2.03. The third-order valence-corrected chi connectivity index (χ3v) is 8.20. The molecule has 0 atom stereocenters. The maximum Gasteiger partial charge on any atom is 0.200 e. The Balaban J connectivity index is 1.47. The van der Waals surface area contributed by atoms with Crippen molar-refractivity contribution in [2.45, 2.75) is 0 Å². The second-order valence-electron chi connectivity index (χ2n) is 10.4. The lowest BCUT2D eigenvalue weighted by molar-refractivity contribution is 0.660. The average molecular weight is 528 g/mol. The van der Waals surface area contributed by atoms with E-state index in [9.17, 15) is 4.79 Å². The zero-order valence-corrected chi connectivity index (χ0v) is 21.8. The average Bonchev–Trinajstić information content (AvgIpc) is 3.54. The van der Waals surface area contributed by atoms with Gasteiger partial charge in [-0.1, -0.05) is 54.6 Å². The van der Waals surface area contributed by atoms with Gasteiger partial charge < -0.3 is 13.6 Å². The summed E-state index contributed by atoms with van der Waals surface area (Å²) in [4.78, 5) is 18.1. The van der Waals surface area contributed by atoms with E-state index >= 15 is 0 Å². The maximum atomic E-state index is 13.6. The van der Waals surface area contributed by atoms with Gasteiger partial charge in [-0.05, 0) is 60.7 Å². The SMILES string of the molecule is O=c1c2ccccc2oc2ccc(-n3c4cnccc4c4ccc5c(c6ccccc6n5-c5ccccc5)c43)cc12. The number of aromatic nitrogens is 3. The Morgan fingerprint density at radius 1 is 0.537 bits per heavy atom. The van der Waals surface area contributed by atoms with Crippen molar-refractivity contribution < 1.29 is 4.42 Å². The lowest BCUT2D eigenvalue weighted by Gasteiger charge is -2.11. The van der Waals surface area contributed by atoms with E-state index in [2.05, 4.69) is 80.8 Å². The van der Waals surface area contributed by atoms with Crippen LogP contribution in [0.4, 0.5) is 0 Å². The van der Waals surface area contributed by atoms with Gasteiger partial charge in [-0.25, -0.2) is 0 Å². The Hall–Kier alpha value is -5.68. The summed E-state index contributed by atoms with van der Waals surface area (Å²) in [5.74, 6) is 0. The summed E-state index contributed by atoms with van der Waals surface area (Å²) in [7, 11) is 0. The number of para-hydroxylation sites is 3. The molecule has 4 aromatic heterocycles. The van der Waals surface area contributed by atoms with Crippen LogP contribution >= 0.6 is 0 Å². The normalized spacial score (nSPS) is 12.0. The van der Waals surface area contributed by atoms with Crippen LogP contribution in [0.2, 0.25) is 0 Å². The zero-order chi connectivity index (χ0) is 27.1. The molecule has 0 N–H and O–H groups in total. The van der Waals surface area contributed by atoms with Crippen molar-refractivity contribution in [1.82, 2.24) is 14.1 Å². The number of benzene rings is 5. The summed E-state index contributed by atoms with van der Waals surface area (Å²) < 4.78 is 10.7. The quantitative estimate of drug-likeness (QED) is 0.212. The fourth-order valence-corrected chi connectivity index (χ4v) is 6.46. The molecule has 0 aliphatic rings. The van der Waals surface area contributed by atoms with E-state index in [1.807, 2.05) is 60.9 Å². The van der Waals surface area contributed by atoms with Gasteiger partial charge in [0.15, 0.2) is 0 Å². The molecule has 5 nitrogen and oxygen atoms in total. The Labute approximate surface area is 233 Å². The second-order valence-corrected chi connectivity index (χ2v) is 10.4. The Morgan fingerprint density at radius 3 is 2.22 bits per heavy atom. The minimum absolute atomic E-state index is 0.0339. The van der Waals surface area contributed by atoms with Gasteiger partial charge in [0, 0.05) is 39.1 Å². The summed E-state index contributed by atoms with van der Waals surface area (Å²) >= 11 is 0. The van der Waals surface area contributed by atoms with Crippen LogP contribution in [0.3, 0.4) is 0 Å². The highest BCUT2D eigenvalue weighted by Gasteiger charge is 2.21. The van der Waals surface area contributed by atoms with Crippen LogP contribution in [0, 0.1) is 0 Å². The van der Waals surface area contributed by atoms with Crippen molar-refractivity contribution in [3.8, 4) is 11.4 Å². The van der Waals surface area contributed by atoms with Gasteiger partial charge in [-0.15, -0.1) is 0 Å². The van der Waals surface area contributed by atoms with Crippen molar-refractivity contribution in [3.05, 3.63) is 138 Å². The highest BCUT2D eigenvalue weighted by Crippen LogP contribution is 2.41. The highest BCUT2D eigenvalue weighted by molar-refractivity contribution is 6.26. The van der Waals surface area contributed by atoms with Gasteiger partial charge in [0.05, 0.1) is 39.0 Å². The van der Waals surface area contributed by atoms with Crippen LogP contribution in [-0.4, -0.2) is 14.1 Å². The monoisotopic (exact) mass is 527 g/mol. The molecule has 41 heavy (non-hydrogen) atoms. The second kappa shape index (κ2) is 8.16. The van der Waals surface area contributed by atoms with Crippen molar-refractivity contribution in [3.63, 3.8) is 0 Å². The molecule has 0 saturated heterocycles. The van der Waals surface area contributed by atoms with Gasteiger partial charge >= 0.3 is 0 Å². The summed E-state index contributed by atoms with van der Waals surface area (Å²) in [6.07, 6.45) is 3.75. The summed E-state index contributed by atoms with van der Waals surface area (Å²) in [6.45, 7) is 0. The van der Waals surface area contributed by atoms with E-state index in [1.165, 1.54) is 5.39 Å². The number of hydrogen-bond donors (Lipinski definition) is 0. The summed E-state index contributed by atoms with van der Waals surface area (Å²) in [6, 6.07) is 38.8. The minimum atomic E-state index is -0.0339. The van der Waals surface area contributed by atoms with Crippen LogP contribution in [0.5, 0.6) is 0 Å². The van der Waals surface area contributed by atoms with E-state index in [1.54, 1.807) is 0 Å². The number of hydrogen-bond acceptors (Lipinski definition) is 3. The molecule has 4 heterocycles. The third-order valence-electron chi connectivity index (χ3n) is 8.20. The van der Waals surface area contributed by atoms with Crippen LogP contribution in [0.1, 0.15) is 0 Å². The minimum Gasteiger partial charge on any atom is -0.456 e. The Kier molecular flexibility index (Phi) is 4.41. The highest BCUT2D eigenvalue weighted by atomic mass is 16.3. The number of nitrogens with zero attached hydrogens (tertiary/aromatic N) is 3. The maximum absolute atomic E-state index is 13.6. The first-order valence-corrected chi connectivity index (χ1v) is 13.6. The van der Waals surface area contributed by atoms with Gasteiger partial charge in [0.2, 0.25) is 5.43 Å². The third kappa shape index (κ3) is 3.00. The van der Waals surface area contributed by atoms with E-state index in [4.69, 9.17) is 4.42 Å². The Bertz CT molecular complexity index is 2550. The van der Waals surface area contributed by atoms with Gasteiger partial charge in [0.25, 0.3) is 0 Å². The number of rotatable bonds is 2. The van der Waals surface area contributed by atoms with E-state index in [-0.39, 0.29) is 5.43 Å². The molecule has 0 saturated carbocycles. The standard InChI is InChI=1S/C36H21N3O2/c40-36-27-11-5-7-13-32(27)41-33-17-14-23(20-28(33)36)39-31-21-37-19-18-24(31)25-15-16-30-34(35(25)39)26-10-4-6-12-29(26)38(30)22-8-2-1-3-9-22/h1-21H. The fraction of sp³-hybridized carbons (Fsp3) is 0. The summed E-state index contributed by atoms with van der Waals surface area (Å²) in [5, 5.41) is 5.70. The molecule has 0 spiro atoms. The first-order valence-electron chi connectivity index (χ1n) is 13.6. The topological polar surface area (TPSA) is 53.0 Å². The van der Waals surface area contributed by atoms with Crippen LogP contribution in [0.25, 0.3) is 76.9 Å². The predicted octanol–water partition coefficient (Wildman–Crippen LogP) is 8.54. The molecule has 0 amide bonds. The molecule has 0 aliphatic carbocycles. The smallest absolute Gasteiger partial charge is 0.200 e. The molecule has 5 aromatic carbocycles. The molecule has 0 radical (unpaired) electrons. The van der Waals surface area contributed by atoms with Crippen molar-refractivity contribution in [2.24, 2.45) is 0 Å². The molecule has 0 unspecified atom stereocenters. The van der Waals surface area contributed by atoms with Crippen molar-refractivity contribution in [1.29, 1.82) is 0 Å².